The van der Waals surface area contributed by atoms with Crippen molar-refractivity contribution in [3.8, 4) is 0 Å². The van der Waals surface area contributed by atoms with Gasteiger partial charge in [0.15, 0.2) is 0 Å². The van der Waals surface area contributed by atoms with Crippen molar-refractivity contribution in [2.75, 3.05) is 20.1 Å². The second kappa shape index (κ2) is 11.7. The summed E-state index contributed by atoms with van der Waals surface area (Å²) in [6.45, 7) is 2.44. The number of likely N-dealkylation sites (N-methyl/N-ethyl adjacent to an activating group) is 1. The molecule has 0 spiro atoms. The molecule has 2 heterocycles. The number of carbonyl (C=O) groups is 4. The normalized spacial score (nSPS) is 19.7. The van der Waals surface area contributed by atoms with E-state index in [0.717, 1.165) is 4.88 Å². The van der Waals surface area contributed by atoms with Gasteiger partial charge in [0.1, 0.15) is 6.04 Å². The molecule has 3 atom stereocenters. The molecule has 0 aromatic carbocycles. The zero-order valence-electron chi connectivity index (χ0n) is 17.5. The summed E-state index contributed by atoms with van der Waals surface area (Å²) >= 11 is 1.52. The number of carbonyl (C=O) groups excluding carboxylic acids is 4. The first-order chi connectivity index (χ1) is 14.3. The van der Waals surface area contributed by atoms with Gasteiger partial charge in [-0.05, 0) is 44.7 Å². The lowest BCUT2D eigenvalue weighted by atomic mass is 9.95. The molecule has 9 nitrogen and oxygen atoms in total. The highest BCUT2D eigenvalue weighted by Crippen LogP contribution is 2.20. The molecule has 0 bridgehead atoms. The Morgan fingerprint density at radius 3 is 2.73 bits per heavy atom. The molecule has 1 aliphatic heterocycles. The Morgan fingerprint density at radius 1 is 1.33 bits per heavy atom. The van der Waals surface area contributed by atoms with Gasteiger partial charge < -0.3 is 26.6 Å². The van der Waals surface area contributed by atoms with Crippen LogP contribution in [0.4, 0.5) is 0 Å². The van der Waals surface area contributed by atoms with E-state index in [4.69, 9.17) is 5.73 Å². The van der Waals surface area contributed by atoms with Gasteiger partial charge in [0, 0.05) is 30.4 Å². The SMILES string of the molecule is CNC(C)C(=O)N1CCC(NC(=O)Cc2cccs2)CC1C(=O)NCCCC(N)=O. The minimum absolute atomic E-state index is 0.0913. The van der Waals surface area contributed by atoms with Crippen LogP contribution in [0, 0.1) is 0 Å². The molecule has 166 valence electrons. The minimum atomic E-state index is -0.678. The molecule has 0 saturated carbocycles. The standard InChI is InChI=1S/C20H31N5O4S/c1-13(22-2)20(29)25-9-7-14(24-18(27)12-15-5-4-10-30-15)11-16(25)19(28)23-8-3-6-17(21)26/h4-5,10,13-14,16,22H,3,6-9,11-12H2,1-2H3,(H2,21,26)(H,23,28)(H,24,27). The largest absolute Gasteiger partial charge is 0.370 e. The van der Waals surface area contributed by atoms with Gasteiger partial charge in [-0.2, -0.15) is 0 Å². The summed E-state index contributed by atoms with van der Waals surface area (Å²) in [5, 5.41) is 10.6. The van der Waals surface area contributed by atoms with Crippen LogP contribution < -0.4 is 21.7 Å². The Labute approximate surface area is 180 Å². The third-order valence-corrected chi connectivity index (χ3v) is 6.05. The van der Waals surface area contributed by atoms with Gasteiger partial charge in [0.05, 0.1) is 12.5 Å². The number of nitrogens with one attached hydrogen (secondary N) is 3. The van der Waals surface area contributed by atoms with Crippen molar-refractivity contribution in [1.82, 2.24) is 20.9 Å². The molecular weight excluding hydrogens is 406 g/mol. The summed E-state index contributed by atoms with van der Waals surface area (Å²) in [4.78, 5) is 51.3. The first kappa shape index (κ1) is 23.8. The molecule has 1 aliphatic rings. The van der Waals surface area contributed by atoms with E-state index >= 15 is 0 Å². The third kappa shape index (κ3) is 7.10. The molecule has 0 radical (unpaired) electrons. The highest BCUT2D eigenvalue weighted by Gasteiger charge is 2.37. The van der Waals surface area contributed by atoms with E-state index in [2.05, 4.69) is 16.0 Å². The van der Waals surface area contributed by atoms with Gasteiger partial charge in [0.2, 0.25) is 23.6 Å². The van der Waals surface area contributed by atoms with Gasteiger partial charge in [-0.25, -0.2) is 0 Å². The zero-order valence-corrected chi connectivity index (χ0v) is 18.3. The van der Waals surface area contributed by atoms with Gasteiger partial charge in [0.25, 0.3) is 0 Å². The van der Waals surface area contributed by atoms with Crippen molar-refractivity contribution in [1.29, 1.82) is 0 Å². The van der Waals surface area contributed by atoms with Gasteiger partial charge >= 0.3 is 0 Å². The number of thiophene rings is 1. The summed E-state index contributed by atoms with van der Waals surface area (Å²) in [5.41, 5.74) is 5.12. The number of nitrogens with two attached hydrogens (primary N) is 1. The highest BCUT2D eigenvalue weighted by atomic mass is 32.1. The Hall–Kier alpha value is -2.46. The Morgan fingerprint density at radius 2 is 2.10 bits per heavy atom. The van der Waals surface area contributed by atoms with Crippen LogP contribution in [0.3, 0.4) is 0 Å². The number of rotatable bonds is 10. The van der Waals surface area contributed by atoms with Crippen molar-refractivity contribution in [2.24, 2.45) is 5.73 Å². The number of likely N-dealkylation sites (tertiary alicyclic amines) is 1. The van der Waals surface area contributed by atoms with E-state index in [1.165, 1.54) is 11.3 Å². The maximum atomic E-state index is 12.8. The molecule has 1 aromatic heterocycles. The first-order valence-corrected chi connectivity index (χ1v) is 11.0. The number of nitrogens with zero attached hydrogens (tertiary/aromatic N) is 1. The summed E-state index contributed by atoms with van der Waals surface area (Å²) in [6.07, 6.45) is 1.86. The second-order valence-corrected chi connectivity index (χ2v) is 8.50. The van der Waals surface area contributed by atoms with Crippen LogP contribution in [0.25, 0.3) is 0 Å². The number of piperidine rings is 1. The Bertz CT molecular complexity index is 740. The topological polar surface area (TPSA) is 134 Å². The molecular formula is C20H31N5O4S. The van der Waals surface area contributed by atoms with Crippen molar-refractivity contribution in [3.63, 3.8) is 0 Å². The van der Waals surface area contributed by atoms with Crippen LogP contribution in [-0.2, 0) is 25.6 Å². The van der Waals surface area contributed by atoms with Crippen LogP contribution in [-0.4, -0.2) is 66.8 Å². The molecule has 4 amide bonds. The van der Waals surface area contributed by atoms with Crippen LogP contribution in [0.2, 0.25) is 0 Å². The van der Waals surface area contributed by atoms with Crippen LogP contribution in [0.1, 0.15) is 37.5 Å². The minimum Gasteiger partial charge on any atom is -0.370 e. The summed E-state index contributed by atoms with van der Waals surface area (Å²) in [6, 6.07) is 2.53. The third-order valence-electron chi connectivity index (χ3n) is 5.17. The van der Waals surface area contributed by atoms with Crippen LogP contribution >= 0.6 is 11.3 Å². The number of amides is 4. The zero-order chi connectivity index (χ0) is 22.1. The monoisotopic (exact) mass is 437 g/mol. The smallest absolute Gasteiger partial charge is 0.242 e. The first-order valence-electron chi connectivity index (χ1n) is 10.2. The highest BCUT2D eigenvalue weighted by molar-refractivity contribution is 7.10. The quantitative estimate of drug-likeness (QED) is 0.375. The van der Waals surface area contributed by atoms with Crippen molar-refractivity contribution >= 4 is 35.0 Å². The lowest BCUT2D eigenvalue weighted by molar-refractivity contribution is -0.144. The summed E-state index contributed by atoms with van der Waals surface area (Å²) in [7, 11) is 1.69. The molecule has 3 unspecified atom stereocenters. The van der Waals surface area contributed by atoms with Crippen molar-refractivity contribution < 1.29 is 19.2 Å². The van der Waals surface area contributed by atoms with Gasteiger partial charge in [-0.15, -0.1) is 11.3 Å². The van der Waals surface area contributed by atoms with Gasteiger partial charge in [-0.3, -0.25) is 19.2 Å². The lowest BCUT2D eigenvalue weighted by Gasteiger charge is -2.40. The predicted molar refractivity (Wildman–Crippen MR) is 115 cm³/mol. The van der Waals surface area contributed by atoms with Crippen LogP contribution in [0.15, 0.2) is 17.5 Å². The number of hydrogen-bond acceptors (Lipinski definition) is 6. The average Bonchev–Trinajstić information content (AvgIpc) is 3.22. The van der Waals surface area contributed by atoms with E-state index in [1.807, 2.05) is 17.5 Å². The number of primary amides is 1. The van der Waals surface area contributed by atoms with E-state index < -0.39 is 18.0 Å². The summed E-state index contributed by atoms with van der Waals surface area (Å²) in [5.74, 6) is -0.951. The van der Waals surface area contributed by atoms with E-state index in [1.54, 1.807) is 18.9 Å². The molecule has 1 aromatic rings. The Kier molecular flexibility index (Phi) is 9.25. The molecule has 2 rings (SSSR count). The molecule has 0 aliphatic carbocycles. The van der Waals surface area contributed by atoms with Crippen molar-refractivity contribution in [2.45, 2.75) is 57.2 Å². The fourth-order valence-corrected chi connectivity index (χ4v) is 4.13. The fraction of sp³-hybridized carbons (Fsp3) is 0.600. The lowest BCUT2D eigenvalue weighted by Crippen LogP contribution is -2.60. The molecule has 10 heteroatoms. The predicted octanol–water partition coefficient (Wildman–Crippen LogP) is -0.244. The maximum Gasteiger partial charge on any atom is 0.242 e. The van der Waals surface area contributed by atoms with E-state index in [0.29, 0.717) is 38.8 Å². The maximum absolute atomic E-state index is 12.8. The second-order valence-electron chi connectivity index (χ2n) is 7.46. The van der Waals surface area contributed by atoms with E-state index in [-0.39, 0.29) is 30.2 Å². The Balaban J connectivity index is 1.99. The molecule has 5 N–H and O–H groups in total. The van der Waals surface area contributed by atoms with Crippen LogP contribution in [0.5, 0.6) is 0 Å². The molecule has 1 fully saturated rings. The fourth-order valence-electron chi connectivity index (χ4n) is 3.42. The average molecular weight is 438 g/mol. The van der Waals surface area contributed by atoms with E-state index in [9.17, 15) is 19.2 Å². The molecule has 1 saturated heterocycles. The number of hydrogen-bond donors (Lipinski definition) is 4. The van der Waals surface area contributed by atoms with Crippen molar-refractivity contribution in [3.05, 3.63) is 22.4 Å². The summed E-state index contributed by atoms with van der Waals surface area (Å²) < 4.78 is 0. The molecule has 30 heavy (non-hydrogen) atoms. The van der Waals surface area contributed by atoms with Gasteiger partial charge in [-0.1, -0.05) is 6.07 Å².